The van der Waals surface area contributed by atoms with E-state index in [1.54, 1.807) is 16.0 Å². The Balaban J connectivity index is 1.73. The van der Waals surface area contributed by atoms with Gasteiger partial charge >= 0.3 is 0 Å². The third-order valence-electron chi connectivity index (χ3n) is 3.57. The smallest absolute Gasteiger partial charge is 0.221 e. The third kappa shape index (κ3) is 2.79. The number of para-hydroxylation sites is 2. The first-order valence-corrected chi connectivity index (χ1v) is 9.37. The maximum atomic E-state index is 6.21. The lowest BCUT2D eigenvalue weighted by Crippen LogP contribution is -2.02. The first-order chi connectivity index (χ1) is 11.8. The van der Waals surface area contributed by atoms with Crippen LogP contribution in [0, 0.1) is 0 Å². The molecule has 0 aliphatic carbocycles. The van der Waals surface area contributed by atoms with Crippen LogP contribution in [0.25, 0.3) is 15.9 Å². The van der Waals surface area contributed by atoms with Crippen molar-refractivity contribution in [1.29, 1.82) is 0 Å². The highest BCUT2D eigenvalue weighted by molar-refractivity contribution is 8.01. The SMILES string of the molecule is CCc1ccccc1-n1nnnc1Sc1nc2c(Cl)cccc2s1. The molecule has 0 amide bonds. The van der Waals surface area contributed by atoms with E-state index < -0.39 is 0 Å². The number of rotatable bonds is 4. The minimum atomic E-state index is 0.659. The van der Waals surface area contributed by atoms with Crippen LogP contribution >= 0.6 is 34.7 Å². The molecular formula is C16H12ClN5S2. The molecule has 24 heavy (non-hydrogen) atoms. The minimum Gasteiger partial charge on any atom is -0.228 e. The topological polar surface area (TPSA) is 56.5 Å². The maximum Gasteiger partial charge on any atom is 0.221 e. The van der Waals surface area contributed by atoms with Crippen LogP contribution in [-0.4, -0.2) is 25.2 Å². The molecule has 2 aromatic heterocycles. The second-order valence-corrected chi connectivity index (χ2v) is 7.68. The predicted octanol–water partition coefficient (Wildman–Crippen LogP) is 4.64. The number of halogens is 1. The van der Waals surface area contributed by atoms with E-state index in [9.17, 15) is 0 Å². The number of benzene rings is 2. The summed E-state index contributed by atoms with van der Waals surface area (Å²) in [6.07, 6.45) is 0.914. The Morgan fingerprint density at radius 1 is 1.17 bits per heavy atom. The van der Waals surface area contributed by atoms with E-state index in [4.69, 9.17) is 11.6 Å². The molecule has 4 rings (SSSR count). The molecule has 2 aromatic carbocycles. The van der Waals surface area contributed by atoms with Crippen LogP contribution in [0.4, 0.5) is 0 Å². The zero-order chi connectivity index (χ0) is 16.5. The summed E-state index contributed by atoms with van der Waals surface area (Å²) in [6, 6.07) is 13.9. The van der Waals surface area contributed by atoms with Crippen molar-refractivity contribution in [1.82, 2.24) is 25.2 Å². The number of fused-ring (bicyclic) bond motifs is 1. The van der Waals surface area contributed by atoms with Crippen LogP contribution in [-0.2, 0) is 6.42 Å². The molecule has 0 aliphatic heterocycles. The van der Waals surface area contributed by atoms with Crippen LogP contribution in [0.5, 0.6) is 0 Å². The fraction of sp³-hybridized carbons (Fsp3) is 0.125. The number of aryl methyl sites for hydroxylation is 1. The number of thiazole rings is 1. The molecule has 0 saturated carbocycles. The van der Waals surface area contributed by atoms with Gasteiger partial charge in [0, 0.05) is 0 Å². The van der Waals surface area contributed by atoms with Crippen molar-refractivity contribution >= 4 is 44.9 Å². The van der Waals surface area contributed by atoms with Gasteiger partial charge in [-0.05, 0) is 52.4 Å². The number of hydrogen-bond acceptors (Lipinski definition) is 6. The van der Waals surface area contributed by atoms with Gasteiger partial charge in [-0.15, -0.1) is 16.4 Å². The first-order valence-electron chi connectivity index (χ1n) is 7.36. The van der Waals surface area contributed by atoms with Crippen molar-refractivity contribution < 1.29 is 0 Å². The molecule has 8 heteroatoms. The molecule has 0 bridgehead atoms. The molecule has 0 fully saturated rings. The van der Waals surface area contributed by atoms with Gasteiger partial charge in [-0.2, -0.15) is 4.68 Å². The Bertz CT molecular complexity index is 1010. The Kier molecular flexibility index (Phi) is 4.22. The van der Waals surface area contributed by atoms with Crippen molar-refractivity contribution in [2.24, 2.45) is 0 Å². The average Bonchev–Trinajstić information content (AvgIpc) is 3.22. The summed E-state index contributed by atoms with van der Waals surface area (Å²) in [7, 11) is 0. The van der Waals surface area contributed by atoms with Gasteiger partial charge in [0.1, 0.15) is 5.52 Å². The lowest BCUT2D eigenvalue weighted by Gasteiger charge is -2.07. The summed E-state index contributed by atoms with van der Waals surface area (Å²) in [4.78, 5) is 4.61. The van der Waals surface area contributed by atoms with Gasteiger partial charge < -0.3 is 0 Å². The lowest BCUT2D eigenvalue weighted by atomic mass is 10.1. The van der Waals surface area contributed by atoms with Crippen molar-refractivity contribution in [2.45, 2.75) is 22.8 Å². The molecule has 4 aromatic rings. The molecule has 120 valence electrons. The van der Waals surface area contributed by atoms with Gasteiger partial charge in [-0.3, -0.25) is 0 Å². The third-order valence-corrected chi connectivity index (χ3v) is 5.89. The largest absolute Gasteiger partial charge is 0.228 e. The van der Waals surface area contributed by atoms with Gasteiger partial charge in [0.05, 0.1) is 15.4 Å². The van der Waals surface area contributed by atoms with Crippen LogP contribution < -0.4 is 0 Å². The second kappa shape index (κ2) is 6.51. The van der Waals surface area contributed by atoms with E-state index in [0.29, 0.717) is 10.2 Å². The molecule has 0 atom stereocenters. The van der Waals surface area contributed by atoms with E-state index in [2.05, 4.69) is 33.5 Å². The summed E-state index contributed by atoms with van der Waals surface area (Å²) >= 11 is 9.24. The highest BCUT2D eigenvalue weighted by Crippen LogP contribution is 2.36. The number of aromatic nitrogens is 5. The van der Waals surface area contributed by atoms with Crippen LogP contribution in [0.1, 0.15) is 12.5 Å². The zero-order valence-corrected chi connectivity index (χ0v) is 15.1. The summed E-state index contributed by atoms with van der Waals surface area (Å²) in [5.74, 6) is 0. The maximum absolute atomic E-state index is 6.21. The van der Waals surface area contributed by atoms with Gasteiger partial charge in [0.25, 0.3) is 0 Å². The molecule has 0 aliphatic rings. The average molecular weight is 374 g/mol. The highest BCUT2D eigenvalue weighted by atomic mass is 35.5. The van der Waals surface area contributed by atoms with Gasteiger partial charge in [0.15, 0.2) is 4.34 Å². The Morgan fingerprint density at radius 2 is 2.04 bits per heavy atom. The molecular weight excluding hydrogens is 362 g/mol. The predicted molar refractivity (Wildman–Crippen MR) is 97.3 cm³/mol. The minimum absolute atomic E-state index is 0.659. The summed E-state index contributed by atoms with van der Waals surface area (Å²) in [5, 5.41) is 13.5. The fourth-order valence-corrected chi connectivity index (χ4v) is 4.67. The normalized spacial score (nSPS) is 11.2. The van der Waals surface area contributed by atoms with Crippen LogP contribution in [0.2, 0.25) is 5.02 Å². The Morgan fingerprint density at radius 3 is 2.88 bits per heavy atom. The number of hydrogen-bond donors (Lipinski definition) is 0. The number of tetrazole rings is 1. The van der Waals surface area contributed by atoms with Crippen molar-refractivity contribution in [3.05, 3.63) is 53.1 Å². The Hall–Kier alpha value is -1.96. The Labute approximate surface area is 151 Å². The lowest BCUT2D eigenvalue weighted by molar-refractivity contribution is 0.747. The number of nitrogens with zero attached hydrogens (tertiary/aromatic N) is 5. The van der Waals surface area contributed by atoms with Gasteiger partial charge in [-0.25, -0.2) is 4.98 Å². The zero-order valence-electron chi connectivity index (χ0n) is 12.7. The van der Waals surface area contributed by atoms with Crippen LogP contribution in [0.15, 0.2) is 52.0 Å². The van der Waals surface area contributed by atoms with E-state index in [-0.39, 0.29) is 0 Å². The van der Waals surface area contributed by atoms with Crippen molar-refractivity contribution in [3.8, 4) is 5.69 Å². The molecule has 5 nitrogen and oxygen atoms in total. The molecule has 0 unspecified atom stereocenters. The summed E-state index contributed by atoms with van der Waals surface area (Å²) in [5.41, 5.74) is 3.00. The molecule has 0 saturated heterocycles. The van der Waals surface area contributed by atoms with Crippen LogP contribution in [0.3, 0.4) is 0 Å². The molecule has 2 heterocycles. The van der Waals surface area contributed by atoms with Gasteiger partial charge in [-0.1, -0.05) is 42.8 Å². The standard InChI is InChI=1S/C16H12ClN5S2/c1-2-10-6-3-4-8-12(10)22-15(19-20-21-22)24-16-18-14-11(17)7-5-9-13(14)23-16/h3-9H,2H2,1H3. The van der Waals surface area contributed by atoms with Crippen molar-refractivity contribution in [3.63, 3.8) is 0 Å². The molecule has 0 spiro atoms. The second-order valence-electron chi connectivity index (χ2n) is 5.02. The van der Waals surface area contributed by atoms with E-state index in [0.717, 1.165) is 26.7 Å². The van der Waals surface area contributed by atoms with E-state index >= 15 is 0 Å². The fourth-order valence-electron chi connectivity index (χ4n) is 2.43. The summed E-state index contributed by atoms with van der Waals surface area (Å²) < 4.78 is 3.68. The van der Waals surface area contributed by atoms with E-state index in [1.807, 2.05) is 36.4 Å². The van der Waals surface area contributed by atoms with Gasteiger partial charge in [0.2, 0.25) is 5.16 Å². The quantitative estimate of drug-likeness (QED) is 0.521. The first kappa shape index (κ1) is 15.6. The van der Waals surface area contributed by atoms with Crippen molar-refractivity contribution in [2.75, 3.05) is 0 Å². The molecule has 0 radical (unpaired) electrons. The van der Waals surface area contributed by atoms with E-state index in [1.165, 1.54) is 17.3 Å². The highest BCUT2D eigenvalue weighted by Gasteiger charge is 2.15. The summed E-state index contributed by atoms with van der Waals surface area (Å²) in [6.45, 7) is 2.12. The molecule has 0 N–H and O–H groups in total. The monoisotopic (exact) mass is 373 g/mol.